The molecule has 0 saturated carbocycles. The van der Waals surface area contributed by atoms with E-state index in [1.165, 1.54) is 7.11 Å². The zero-order valence-corrected chi connectivity index (χ0v) is 11.0. The van der Waals surface area contributed by atoms with Gasteiger partial charge >= 0.3 is 0 Å². The lowest BCUT2D eigenvalue weighted by Gasteiger charge is -2.11. The minimum Gasteiger partial charge on any atom is -0.381 e. The van der Waals surface area contributed by atoms with Gasteiger partial charge in [0.15, 0.2) is 5.82 Å². The van der Waals surface area contributed by atoms with Crippen LogP contribution >= 0.6 is 0 Å². The molecule has 0 saturated heterocycles. The molecule has 1 unspecified atom stereocenters. The molecular weight excluding hydrogens is 254 g/mol. The van der Waals surface area contributed by atoms with Gasteiger partial charge in [0, 0.05) is 24.9 Å². The molecule has 0 aliphatic heterocycles. The number of aromatic nitrogens is 2. The lowest BCUT2D eigenvalue weighted by Crippen LogP contribution is -2.25. The SMILES string of the molecule is COC(C)CS(=O)(=O)Nc1nccc2cc[nH]c12. The number of fused-ring (bicyclic) bond motifs is 1. The molecule has 2 aromatic rings. The van der Waals surface area contributed by atoms with Crippen LogP contribution in [0.1, 0.15) is 6.92 Å². The van der Waals surface area contributed by atoms with Crippen LogP contribution in [0.25, 0.3) is 10.9 Å². The molecule has 2 aromatic heterocycles. The molecule has 0 aliphatic rings. The first-order valence-electron chi connectivity index (χ1n) is 5.47. The van der Waals surface area contributed by atoms with Crippen molar-refractivity contribution in [3.63, 3.8) is 0 Å². The first-order chi connectivity index (χ1) is 8.52. The molecule has 0 fully saturated rings. The Balaban J connectivity index is 2.26. The van der Waals surface area contributed by atoms with Gasteiger partial charge in [-0.3, -0.25) is 4.72 Å². The van der Waals surface area contributed by atoms with E-state index >= 15 is 0 Å². The summed E-state index contributed by atoms with van der Waals surface area (Å²) < 4.78 is 31.2. The smallest absolute Gasteiger partial charge is 0.236 e. The number of H-pyrrole nitrogens is 1. The summed E-state index contributed by atoms with van der Waals surface area (Å²) in [6.45, 7) is 1.70. The first kappa shape index (κ1) is 12.8. The third-order valence-electron chi connectivity index (χ3n) is 2.58. The fourth-order valence-electron chi connectivity index (χ4n) is 1.63. The number of pyridine rings is 1. The molecule has 98 valence electrons. The van der Waals surface area contributed by atoms with E-state index in [1.807, 2.05) is 6.07 Å². The maximum atomic E-state index is 11.9. The van der Waals surface area contributed by atoms with Crippen molar-refractivity contribution >= 4 is 26.7 Å². The molecule has 2 N–H and O–H groups in total. The quantitative estimate of drug-likeness (QED) is 0.858. The molecule has 0 aliphatic carbocycles. The summed E-state index contributed by atoms with van der Waals surface area (Å²) >= 11 is 0. The number of hydrogen-bond donors (Lipinski definition) is 2. The fraction of sp³-hybridized carbons (Fsp3) is 0.364. The Kier molecular flexibility index (Phi) is 3.53. The van der Waals surface area contributed by atoms with Crippen molar-refractivity contribution in [1.29, 1.82) is 0 Å². The molecule has 0 aromatic carbocycles. The topological polar surface area (TPSA) is 84.1 Å². The van der Waals surface area contributed by atoms with Gasteiger partial charge in [0.05, 0.1) is 17.4 Å². The van der Waals surface area contributed by atoms with Gasteiger partial charge in [-0.2, -0.15) is 0 Å². The molecule has 2 heterocycles. The van der Waals surface area contributed by atoms with E-state index in [-0.39, 0.29) is 11.9 Å². The summed E-state index contributed by atoms with van der Waals surface area (Å²) in [5.41, 5.74) is 0.672. The summed E-state index contributed by atoms with van der Waals surface area (Å²) in [5, 5.41) is 0.905. The molecule has 7 heteroatoms. The van der Waals surface area contributed by atoms with E-state index in [0.717, 1.165) is 5.39 Å². The normalized spacial score (nSPS) is 13.7. The van der Waals surface area contributed by atoms with Crippen molar-refractivity contribution in [3.8, 4) is 0 Å². The van der Waals surface area contributed by atoms with Crippen molar-refractivity contribution in [1.82, 2.24) is 9.97 Å². The molecule has 0 spiro atoms. The van der Waals surface area contributed by atoms with E-state index in [1.54, 1.807) is 25.4 Å². The minimum atomic E-state index is -3.47. The third-order valence-corrected chi connectivity index (χ3v) is 4.00. The highest BCUT2D eigenvalue weighted by molar-refractivity contribution is 7.92. The summed E-state index contributed by atoms with van der Waals surface area (Å²) in [7, 11) is -2.00. The van der Waals surface area contributed by atoms with Crippen molar-refractivity contribution in [2.45, 2.75) is 13.0 Å². The van der Waals surface area contributed by atoms with Gasteiger partial charge in [0.2, 0.25) is 10.0 Å². The van der Waals surface area contributed by atoms with Crippen LogP contribution < -0.4 is 4.72 Å². The van der Waals surface area contributed by atoms with Crippen LogP contribution in [0.5, 0.6) is 0 Å². The molecule has 18 heavy (non-hydrogen) atoms. The minimum absolute atomic E-state index is 0.109. The second-order valence-electron chi connectivity index (χ2n) is 4.03. The maximum absolute atomic E-state index is 11.9. The number of sulfonamides is 1. The molecule has 0 bridgehead atoms. The zero-order valence-electron chi connectivity index (χ0n) is 10.2. The Labute approximate surface area is 105 Å². The Morgan fingerprint density at radius 1 is 1.50 bits per heavy atom. The van der Waals surface area contributed by atoms with Gasteiger partial charge < -0.3 is 9.72 Å². The molecule has 1 atom stereocenters. The Hall–Kier alpha value is -1.60. The average molecular weight is 269 g/mol. The van der Waals surface area contributed by atoms with Crippen LogP contribution in [-0.2, 0) is 14.8 Å². The maximum Gasteiger partial charge on any atom is 0.236 e. The average Bonchev–Trinajstić information content (AvgIpc) is 2.77. The summed E-state index contributed by atoms with van der Waals surface area (Å²) in [4.78, 5) is 6.99. The summed E-state index contributed by atoms with van der Waals surface area (Å²) in [5.74, 6) is 0.197. The molecule has 6 nitrogen and oxygen atoms in total. The molecule has 0 radical (unpaired) electrons. The summed E-state index contributed by atoms with van der Waals surface area (Å²) in [6.07, 6.45) is 2.93. The fourth-order valence-corrected chi connectivity index (χ4v) is 2.91. The summed E-state index contributed by atoms with van der Waals surface area (Å²) in [6, 6.07) is 3.66. The van der Waals surface area contributed by atoms with Crippen molar-refractivity contribution in [3.05, 3.63) is 24.5 Å². The molecule has 2 rings (SSSR count). The number of hydrogen-bond acceptors (Lipinski definition) is 4. The van der Waals surface area contributed by atoms with Gasteiger partial charge in [0.25, 0.3) is 0 Å². The Morgan fingerprint density at radius 3 is 3.00 bits per heavy atom. The van der Waals surface area contributed by atoms with Gasteiger partial charge in [-0.05, 0) is 19.1 Å². The number of anilines is 1. The Morgan fingerprint density at radius 2 is 2.28 bits per heavy atom. The lowest BCUT2D eigenvalue weighted by atomic mass is 10.3. The number of ether oxygens (including phenoxy) is 1. The van der Waals surface area contributed by atoms with Crippen molar-refractivity contribution < 1.29 is 13.2 Å². The lowest BCUT2D eigenvalue weighted by molar-refractivity contribution is 0.136. The van der Waals surface area contributed by atoms with Crippen LogP contribution in [0.15, 0.2) is 24.5 Å². The number of methoxy groups -OCH3 is 1. The van der Waals surface area contributed by atoms with Crippen molar-refractivity contribution in [2.75, 3.05) is 17.6 Å². The highest BCUT2D eigenvalue weighted by Crippen LogP contribution is 2.19. The van der Waals surface area contributed by atoms with Crippen molar-refractivity contribution in [2.24, 2.45) is 0 Å². The van der Waals surface area contributed by atoms with E-state index < -0.39 is 10.0 Å². The largest absolute Gasteiger partial charge is 0.381 e. The highest BCUT2D eigenvalue weighted by atomic mass is 32.2. The second-order valence-corrected chi connectivity index (χ2v) is 5.80. The molecular formula is C11H15N3O3S. The van der Waals surface area contributed by atoms with Gasteiger partial charge in [-0.25, -0.2) is 13.4 Å². The van der Waals surface area contributed by atoms with Gasteiger partial charge in [0.1, 0.15) is 0 Å². The van der Waals surface area contributed by atoms with Crippen LogP contribution in [0.2, 0.25) is 0 Å². The number of nitrogens with one attached hydrogen (secondary N) is 2. The third kappa shape index (κ3) is 2.80. The van der Waals surface area contributed by atoms with Gasteiger partial charge in [-0.1, -0.05) is 0 Å². The highest BCUT2D eigenvalue weighted by Gasteiger charge is 2.17. The van der Waals surface area contributed by atoms with Crippen LogP contribution in [0.4, 0.5) is 5.82 Å². The van der Waals surface area contributed by atoms with Crippen LogP contribution in [-0.4, -0.2) is 37.4 Å². The monoisotopic (exact) mass is 269 g/mol. The van der Waals surface area contributed by atoms with Crippen LogP contribution in [0.3, 0.4) is 0 Å². The molecule has 0 amide bonds. The standard InChI is InChI=1S/C11H15N3O3S/c1-8(17-2)7-18(15,16)14-11-10-9(3-5-12-10)4-6-13-11/h3-6,8,12H,7H2,1-2H3,(H,13,14). The van der Waals surface area contributed by atoms with E-state index in [2.05, 4.69) is 14.7 Å². The number of rotatable bonds is 5. The second kappa shape index (κ2) is 4.95. The number of nitrogens with zero attached hydrogens (tertiary/aromatic N) is 1. The van der Waals surface area contributed by atoms with Gasteiger partial charge in [-0.15, -0.1) is 0 Å². The first-order valence-corrected chi connectivity index (χ1v) is 7.12. The van der Waals surface area contributed by atoms with E-state index in [9.17, 15) is 8.42 Å². The van der Waals surface area contributed by atoms with E-state index in [4.69, 9.17) is 4.74 Å². The predicted octanol–water partition coefficient (Wildman–Crippen LogP) is 1.34. The zero-order chi connectivity index (χ0) is 13.2. The predicted molar refractivity (Wildman–Crippen MR) is 70.0 cm³/mol. The van der Waals surface area contributed by atoms with Crippen LogP contribution in [0, 0.1) is 0 Å². The number of aromatic amines is 1. The van der Waals surface area contributed by atoms with E-state index in [0.29, 0.717) is 11.3 Å². The Bertz CT molecular complexity index is 636.